The molecule has 1 amide bonds. The number of amides is 1. The Bertz CT molecular complexity index is 263. The zero-order valence-electron chi connectivity index (χ0n) is 11.7. The average Bonchev–Trinajstić information content (AvgIpc) is 2.29. The van der Waals surface area contributed by atoms with E-state index in [0.29, 0.717) is 17.9 Å². The molecule has 0 radical (unpaired) electrons. The molecule has 0 spiro atoms. The summed E-state index contributed by atoms with van der Waals surface area (Å²) in [6, 6.07) is 0.525. The number of carbonyl (C=O) groups is 1. The van der Waals surface area contributed by atoms with Crippen molar-refractivity contribution in [2.75, 3.05) is 19.6 Å². The van der Waals surface area contributed by atoms with Crippen molar-refractivity contribution in [2.24, 2.45) is 11.8 Å². The monoisotopic (exact) mass is 274 g/mol. The van der Waals surface area contributed by atoms with Crippen molar-refractivity contribution in [1.82, 2.24) is 10.2 Å². The summed E-state index contributed by atoms with van der Waals surface area (Å²) in [5.41, 5.74) is 0. The molecule has 1 unspecified atom stereocenters. The van der Waals surface area contributed by atoms with E-state index in [2.05, 4.69) is 24.1 Å². The summed E-state index contributed by atoms with van der Waals surface area (Å²) in [6.07, 6.45) is 6.39. The van der Waals surface area contributed by atoms with Crippen LogP contribution in [-0.2, 0) is 4.79 Å². The second kappa shape index (κ2) is 7.34. The zero-order chi connectivity index (χ0) is 12.3. The first-order chi connectivity index (χ1) is 8.24. The maximum atomic E-state index is 12.5. The quantitative estimate of drug-likeness (QED) is 0.854. The summed E-state index contributed by atoms with van der Waals surface area (Å²) in [4.78, 5) is 14.7. The molecule has 0 bridgehead atoms. The van der Waals surface area contributed by atoms with Crippen LogP contribution in [0.4, 0.5) is 0 Å². The Labute approximate surface area is 117 Å². The molecule has 0 aromatic rings. The molecule has 1 saturated heterocycles. The Morgan fingerprint density at radius 3 is 2.33 bits per heavy atom. The summed E-state index contributed by atoms with van der Waals surface area (Å²) >= 11 is 0. The summed E-state index contributed by atoms with van der Waals surface area (Å²) in [6.45, 7) is 7.16. The number of halogens is 1. The highest BCUT2D eigenvalue weighted by atomic mass is 35.5. The van der Waals surface area contributed by atoms with E-state index < -0.39 is 0 Å². The molecule has 1 atom stereocenters. The lowest BCUT2D eigenvalue weighted by molar-refractivity contribution is -0.140. The highest BCUT2D eigenvalue weighted by molar-refractivity contribution is 5.85. The van der Waals surface area contributed by atoms with E-state index in [-0.39, 0.29) is 18.3 Å². The number of nitrogens with zero attached hydrogens (tertiary/aromatic N) is 1. The standard InChI is InChI=1S/C14H26N2O.ClH/c1-3-16(13-7-5-4-6-8-13)14(17)11(2)12-9-15-10-12;/h11-13,15H,3-10H2,1-2H3;1H. The third kappa shape index (κ3) is 3.39. The molecule has 2 aliphatic rings. The number of carbonyl (C=O) groups excluding carboxylic acids is 1. The first-order valence-electron chi connectivity index (χ1n) is 7.25. The van der Waals surface area contributed by atoms with Crippen LogP contribution in [0, 0.1) is 11.8 Å². The molecule has 0 aromatic carbocycles. The van der Waals surface area contributed by atoms with E-state index in [1.165, 1.54) is 32.1 Å². The van der Waals surface area contributed by atoms with Gasteiger partial charge in [-0.25, -0.2) is 0 Å². The van der Waals surface area contributed by atoms with Crippen molar-refractivity contribution in [1.29, 1.82) is 0 Å². The second-order valence-corrected chi connectivity index (χ2v) is 5.62. The van der Waals surface area contributed by atoms with Crippen LogP contribution in [0.5, 0.6) is 0 Å². The van der Waals surface area contributed by atoms with Crippen molar-refractivity contribution < 1.29 is 4.79 Å². The molecular weight excluding hydrogens is 248 g/mol. The minimum atomic E-state index is 0. The Morgan fingerprint density at radius 2 is 1.89 bits per heavy atom. The first-order valence-corrected chi connectivity index (χ1v) is 7.25. The van der Waals surface area contributed by atoms with Gasteiger partial charge in [-0.1, -0.05) is 26.2 Å². The van der Waals surface area contributed by atoms with Crippen LogP contribution in [0.1, 0.15) is 46.0 Å². The van der Waals surface area contributed by atoms with Gasteiger partial charge in [-0.3, -0.25) is 4.79 Å². The largest absolute Gasteiger partial charge is 0.340 e. The lowest BCUT2D eigenvalue weighted by Gasteiger charge is -2.39. The fraction of sp³-hybridized carbons (Fsp3) is 0.929. The van der Waals surface area contributed by atoms with E-state index in [9.17, 15) is 4.79 Å². The van der Waals surface area contributed by atoms with Crippen molar-refractivity contribution in [3.8, 4) is 0 Å². The van der Waals surface area contributed by atoms with Crippen LogP contribution >= 0.6 is 12.4 Å². The minimum Gasteiger partial charge on any atom is -0.340 e. The van der Waals surface area contributed by atoms with Crippen molar-refractivity contribution in [3.63, 3.8) is 0 Å². The van der Waals surface area contributed by atoms with Crippen molar-refractivity contribution >= 4 is 18.3 Å². The van der Waals surface area contributed by atoms with Crippen LogP contribution in [0.25, 0.3) is 0 Å². The van der Waals surface area contributed by atoms with E-state index >= 15 is 0 Å². The second-order valence-electron chi connectivity index (χ2n) is 5.62. The van der Waals surface area contributed by atoms with Gasteiger partial charge in [0.2, 0.25) is 5.91 Å². The molecule has 1 saturated carbocycles. The topological polar surface area (TPSA) is 32.3 Å². The maximum absolute atomic E-state index is 12.5. The van der Waals surface area contributed by atoms with Gasteiger partial charge in [0.05, 0.1) is 0 Å². The predicted molar refractivity (Wildman–Crippen MR) is 77.0 cm³/mol. The Balaban J connectivity index is 0.00000162. The lowest BCUT2D eigenvalue weighted by atomic mass is 9.86. The van der Waals surface area contributed by atoms with Crippen LogP contribution < -0.4 is 5.32 Å². The summed E-state index contributed by atoms with van der Waals surface area (Å²) in [5, 5.41) is 3.26. The molecule has 0 aromatic heterocycles. The van der Waals surface area contributed by atoms with Gasteiger partial charge in [-0.05, 0) is 38.8 Å². The maximum Gasteiger partial charge on any atom is 0.226 e. The van der Waals surface area contributed by atoms with Crippen molar-refractivity contribution in [3.05, 3.63) is 0 Å². The molecule has 1 aliphatic heterocycles. The smallest absolute Gasteiger partial charge is 0.226 e. The molecule has 3 nitrogen and oxygen atoms in total. The lowest BCUT2D eigenvalue weighted by Crippen LogP contribution is -2.52. The summed E-state index contributed by atoms with van der Waals surface area (Å²) < 4.78 is 0. The first kappa shape index (κ1) is 15.8. The number of nitrogens with one attached hydrogen (secondary N) is 1. The molecule has 1 N–H and O–H groups in total. The van der Waals surface area contributed by atoms with Gasteiger partial charge in [0.25, 0.3) is 0 Å². The van der Waals surface area contributed by atoms with Gasteiger partial charge in [-0.2, -0.15) is 0 Å². The average molecular weight is 275 g/mol. The summed E-state index contributed by atoms with van der Waals surface area (Å²) in [7, 11) is 0. The van der Waals surface area contributed by atoms with Crippen LogP contribution in [0.15, 0.2) is 0 Å². The Kier molecular flexibility index (Phi) is 6.44. The van der Waals surface area contributed by atoms with Gasteiger partial charge < -0.3 is 10.2 Å². The summed E-state index contributed by atoms with van der Waals surface area (Å²) in [5.74, 6) is 1.17. The van der Waals surface area contributed by atoms with Gasteiger partial charge in [0.1, 0.15) is 0 Å². The van der Waals surface area contributed by atoms with Crippen LogP contribution in [0.3, 0.4) is 0 Å². The van der Waals surface area contributed by atoms with Crippen LogP contribution in [-0.4, -0.2) is 36.5 Å². The van der Waals surface area contributed by atoms with Gasteiger partial charge in [-0.15, -0.1) is 12.4 Å². The third-order valence-corrected chi connectivity index (χ3v) is 4.55. The van der Waals surface area contributed by atoms with E-state index in [1.54, 1.807) is 0 Å². The molecule has 2 rings (SSSR count). The Morgan fingerprint density at radius 1 is 1.28 bits per heavy atom. The molecule has 1 heterocycles. The zero-order valence-corrected chi connectivity index (χ0v) is 12.5. The van der Waals surface area contributed by atoms with Crippen molar-refractivity contribution in [2.45, 2.75) is 52.0 Å². The highest BCUT2D eigenvalue weighted by Crippen LogP contribution is 2.26. The van der Waals surface area contributed by atoms with Gasteiger partial charge in [0, 0.05) is 18.5 Å². The molecule has 1 aliphatic carbocycles. The van der Waals surface area contributed by atoms with Gasteiger partial charge >= 0.3 is 0 Å². The molecule has 2 fully saturated rings. The van der Waals surface area contributed by atoms with E-state index in [0.717, 1.165) is 19.6 Å². The predicted octanol–water partition coefficient (Wildman–Crippen LogP) is 2.44. The normalized spacial score (nSPS) is 22.8. The highest BCUT2D eigenvalue weighted by Gasteiger charge is 2.33. The van der Waals surface area contributed by atoms with E-state index in [1.807, 2.05) is 0 Å². The molecular formula is C14H27ClN2O. The fourth-order valence-corrected chi connectivity index (χ4v) is 3.11. The minimum absolute atomic E-state index is 0. The molecule has 4 heteroatoms. The molecule has 18 heavy (non-hydrogen) atoms. The number of hydrogen-bond acceptors (Lipinski definition) is 2. The third-order valence-electron chi connectivity index (χ3n) is 4.55. The SMILES string of the molecule is CCN(C(=O)C(C)C1CNC1)C1CCCCC1.Cl. The molecule has 106 valence electrons. The fourth-order valence-electron chi connectivity index (χ4n) is 3.11. The number of rotatable bonds is 4. The van der Waals surface area contributed by atoms with Crippen LogP contribution in [0.2, 0.25) is 0 Å². The van der Waals surface area contributed by atoms with Gasteiger partial charge in [0.15, 0.2) is 0 Å². The Hall–Kier alpha value is -0.280. The van der Waals surface area contributed by atoms with E-state index in [4.69, 9.17) is 0 Å². The number of hydrogen-bond donors (Lipinski definition) is 1.